The van der Waals surface area contributed by atoms with E-state index < -0.39 is 0 Å². The van der Waals surface area contributed by atoms with Gasteiger partial charge in [-0.1, -0.05) is 27.7 Å². The van der Waals surface area contributed by atoms with E-state index >= 15 is 0 Å². The van der Waals surface area contributed by atoms with Crippen LogP contribution in [-0.2, 0) is 37.9 Å². The second-order valence-electron chi connectivity index (χ2n) is 2.00. The molecule has 0 radical (unpaired) electrons. The quantitative estimate of drug-likeness (QED) is 0.195. The predicted molar refractivity (Wildman–Crippen MR) is 80.4 cm³/mol. The van der Waals surface area contributed by atoms with Gasteiger partial charge in [0.05, 0.1) is 0 Å². The van der Waals surface area contributed by atoms with Gasteiger partial charge in [-0.2, -0.15) is 25.7 Å². The maximum absolute atomic E-state index is 3.49. The monoisotopic (exact) mass is 724 g/mol. The van der Waals surface area contributed by atoms with E-state index in [0.29, 0.717) is 0 Å². The molecule has 0 rings (SSSR count). The summed E-state index contributed by atoms with van der Waals surface area (Å²) in [7, 11) is 0. The molecule has 0 unspecified atom stereocenters. The molecule has 0 bridgehead atoms. The normalized spacial score (nSPS) is 5.38. The van der Waals surface area contributed by atoms with Crippen LogP contribution < -0.4 is 0 Å². The molecule has 0 heterocycles. The van der Waals surface area contributed by atoms with Crippen LogP contribution in [0, 0.1) is 27.7 Å². The van der Waals surface area contributed by atoms with Crippen LogP contribution in [0.2, 0.25) is 0 Å². The third kappa shape index (κ3) is 658. The Kier molecular flexibility index (Phi) is 257. The van der Waals surface area contributed by atoms with E-state index in [1.807, 2.05) is 27.7 Å². The minimum atomic E-state index is 1.00. The molecule has 0 N–H and O–H groups in total. The Morgan fingerprint density at radius 2 is 0.562 bits per heavy atom. The van der Waals surface area contributed by atoms with E-state index in [4.69, 9.17) is 0 Å². The van der Waals surface area contributed by atoms with Crippen LogP contribution in [-0.4, -0.2) is 0 Å². The zero-order chi connectivity index (χ0) is 14.8. The SMILES string of the molecule is [Br][Au].[Br][Au].[CH2-]CC.[CH2-]CC.[CH2-]CC.[CH2-]CC. The van der Waals surface area contributed by atoms with Crippen molar-refractivity contribution in [2.75, 3.05) is 0 Å². The number of rotatable bonds is 0. The Bertz CT molecular complexity index is 25.0. The molecule has 0 aromatic carbocycles. The van der Waals surface area contributed by atoms with Gasteiger partial charge in [-0.05, 0) is 0 Å². The van der Waals surface area contributed by atoms with E-state index in [0.717, 1.165) is 25.7 Å². The molecule has 0 spiro atoms. The van der Waals surface area contributed by atoms with Crippen molar-refractivity contribution in [2.45, 2.75) is 53.4 Å². The zero-order valence-corrected chi connectivity index (χ0v) is 18.5. The Hall–Kier alpha value is 2.44. The number of halogens is 2. The molecular formula is C12H28Au2Br2-4. The molecule has 0 saturated carbocycles. The average molecular weight is 726 g/mol. The van der Waals surface area contributed by atoms with Gasteiger partial charge in [-0.15, -0.1) is 0 Å². The van der Waals surface area contributed by atoms with Crippen molar-refractivity contribution < 1.29 is 37.9 Å². The summed E-state index contributed by atoms with van der Waals surface area (Å²) in [5.74, 6) is 0. The second kappa shape index (κ2) is 114. The summed E-state index contributed by atoms with van der Waals surface area (Å²) in [6, 6.07) is 0. The smallest absolute Gasteiger partial charge is 0.0927 e. The fourth-order valence-electron chi connectivity index (χ4n) is 0. The van der Waals surface area contributed by atoms with Crippen LogP contribution in [0.5, 0.6) is 0 Å². The summed E-state index contributed by atoms with van der Waals surface area (Å²) in [6.45, 7) is 22.0. The van der Waals surface area contributed by atoms with Gasteiger partial charge in [0, 0.05) is 0 Å². The van der Waals surface area contributed by atoms with E-state index in [9.17, 15) is 0 Å². The molecule has 0 aliphatic heterocycles. The fraction of sp³-hybridized carbons (Fsp3) is 0.667. The maximum atomic E-state index is 3.49. The van der Waals surface area contributed by atoms with Gasteiger partial charge in [0.15, 0.2) is 0 Å². The van der Waals surface area contributed by atoms with Crippen LogP contribution in [0.3, 0.4) is 0 Å². The zero-order valence-electron chi connectivity index (χ0n) is 11.0. The van der Waals surface area contributed by atoms with Crippen LogP contribution in [0.1, 0.15) is 53.4 Å². The first-order valence-electron chi connectivity index (χ1n) is 5.06. The van der Waals surface area contributed by atoms with Crippen molar-refractivity contribution in [1.29, 1.82) is 0 Å². The summed E-state index contributed by atoms with van der Waals surface area (Å²) in [5.41, 5.74) is 0. The third-order valence-electron chi connectivity index (χ3n) is 0. The van der Waals surface area contributed by atoms with Gasteiger partial charge in [-0.3, -0.25) is 0 Å². The Labute approximate surface area is 143 Å². The van der Waals surface area contributed by atoms with Gasteiger partial charge in [0.25, 0.3) is 0 Å². The molecule has 0 aliphatic carbocycles. The molecule has 0 aromatic rings. The van der Waals surface area contributed by atoms with Crippen molar-refractivity contribution in [3.63, 3.8) is 0 Å². The Balaban J connectivity index is -0.0000000190. The first kappa shape index (κ1) is 36.2. The summed E-state index contributed by atoms with van der Waals surface area (Å²) >= 11 is 9.94. The molecular weight excluding hydrogens is 698 g/mol. The van der Waals surface area contributed by atoms with Crippen molar-refractivity contribution in [1.82, 2.24) is 0 Å². The standard InChI is InChI=1S/4C3H7.2Au.2BrH/c4*1-3-2;;;;/h4*1,3H2,2H3;;;2*1H/q4*-1;2*+1;;/p-2. The molecule has 16 heavy (non-hydrogen) atoms. The molecule has 0 aliphatic rings. The van der Waals surface area contributed by atoms with Gasteiger partial charge in [0.1, 0.15) is 0 Å². The fourth-order valence-corrected chi connectivity index (χ4v) is 0. The van der Waals surface area contributed by atoms with E-state index in [1.165, 1.54) is 0 Å². The van der Waals surface area contributed by atoms with Crippen LogP contribution in [0.4, 0.5) is 0 Å². The Morgan fingerprint density at radius 1 is 0.562 bits per heavy atom. The predicted octanol–water partition coefficient (Wildman–Crippen LogP) is 6.61. The van der Waals surface area contributed by atoms with E-state index in [2.05, 4.69) is 91.6 Å². The van der Waals surface area contributed by atoms with Crippen LogP contribution in [0.15, 0.2) is 0 Å². The number of hydrogen-bond donors (Lipinski definition) is 0. The largest absolute Gasteiger partial charge is 0.344 e. The maximum Gasteiger partial charge on any atom is -0.0927 e. The van der Waals surface area contributed by atoms with Gasteiger partial charge >= 0.3 is 63.9 Å². The minimum Gasteiger partial charge on any atom is -0.344 e. The van der Waals surface area contributed by atoms with Gasteiger partial charge in [-0.25, -0.2) is 0 Å². The topological polar surface area (TPSA) is 0 Å². The first-order valence-corrected chi connectivity index (χ1v) is 14.5. The number of hydrogen-bond acceptors (Lipinski definition) is 0. The Morgan fingerprint density at radius 3 is 0.562 bits per heavy atom. The van der Waals surface area contributed by atoms with Crippen LogP contribution in [0.25, 0.3) is 0 Å². The van der Waals surface area contributed by atoms with Crippen molar-refractivity contribution in [3.8, 4) is 0 Å². The molecule has 4 heteroatoms. The summed E-state index contributed by atoms with van der Waals surface area (Å²) in [6.07, 6.45) is 4.00. The minimum absolute atomic E-state index is 1.00. The average Bonchev–Trinajstić information content (AvgIpc) is 2.27. The molecule has 0 nitrogen and oxygen atoms in total. The molecule has 0 fully saturated rings. The first-order chi connectivity index (χ1) is 7.66. The molecule has 0 saturated heterocycles. The van der Waals surface area contributed by atoms with Crippen LogP contribution >= 0.6 is 26.0 Å². The van der Waals surface area contributed by atoms with E-state index in [-0.39, 0.29) is 0 Å². The second-order valence-corrected chi connectivity index (χ2v) is 2.00. The molecule has 116 valence electrons. The van der Waals surface area contributed by atoms with Gasteiger partial charge < -0.3 is 27.7 Å². The van der Waals surface area contributed by atoms with Crippen molar-refractivity contribution in [2.24, 2.45) is 0 Å². The summed E-state index contributed by atoms with van der Waals surface area (Å²) < 4.78 is 0. The summed E-state index contributed by atoms with van der Waals surface area (Å²) in [4.78, 5) is 0. The molecule has 0 aromatic heterocycles. The summed E-state index contributed by atoms with van der Waals surface area (Å²) in [5, 5.41) is 0. The molecule has 0 amide bonds. The molecule has 0 atom stereocenters. The third-order valence-corrected chi connectivity index (χ3v) is 0. The van der Waals surface area contributed by atoms with Crippen molar-refractivity contribution in [3.05, 3.63) is 27.7 Å². The van der Waals surface area contributed by atoms with E-state index in [1.54, 1.807) is 0 Å². The van der Waals surface area contributed by atoms with Crippen molar-refractivity contribution >= 4 is 26.0 Å². The van der Waals surface area contributed by atoms with Gasteiger partial charge in [0.2, 0.25) is 0 Å².